The van der Waals surface area contributed by atoms with Crippen molar-refractivity contribution in [3.05, 3.63) is 53.3 Å². The van der Waals surface area contributed by atoms with Gasteiger partial charge in [-0.05, 0) is 28.7 Å². The lowest BCUT2D eigenvalue weighted by atomic mass is 9.75. The van der Waals surface area contributed by atoms with Crippen molar-refractivity contribution in [3.8, 4) is 11.1 Å². The van der Waals surface area contributed by atoms with Crippen molar-refractivity contribution in [2.45, 2.75) is 0 Å². The smallest absolute Gasteiger partial charge is 0.423 e. The fraction of sp³-hybridized carbons (Fsp3) is 0. The predicted molar refractivity (Wildman–Crippen MR) is 66.7 cm³/mol. The van der Waals surface area contributed by atoms with Gasteiger partial charge in [-0.25, -0.2) is 4.39 Å². The molecule has 86 valence electrons. The molecule has 0 bridgehead atoms. The highest BCUT2D eigenvalue weighted by Gasteiger charge is 2.16. The maximum atomic E-state index is 13.3. The van der Waals surface area contributed by atoms with Crippen LogP contribution in [0.4, 0.5) is 4.39 Å². The minimum atomic E-state index is -1.59. The standard InChI is InChI=1S/C12H9BClFO2/c14-11-6-5-8(7-12(11)15)9-3-1-2-4-10(9)13(16)17/h1-7,16-17H. The summed E-state index contributed by atoms with van der Waals surface area (Å²) in [6.07, 6.45) is 0. The molecule has 0 spiro atoms. The summed E-state index contributed by atoms with van der Waals surface area (Å²) in [4.78, 5) is 0. The van der Waals surface area contributed by atoms with Gasteiger partial charge in [0, 0.05) is 0 Å². The third kappa shape index (κ3) is 2.49. The Bertz CT molecular complexity index is 546. The zero-order valence-electron chi connectivity index (χ0n) is 8.77. The van der Waals surface area contributed by atoms with Crippen LogP contribution < -0.4 is 5.46 Å². The second-order valence-electron chi connectivity index (χ2n) is 3.59. The van der Waals surface area contributed by atoms with Crippen LogP contribution in [-0.2, 0) is 0 Å². The van der Waals surface area contributed by atoms with Crippen molar-refractivity contribution < 1.29 is 14.4 Å². The molecule has 0 aliphatic carbocycles. The molecule has 0 heterocycles. The average Bonchev–Trinajstić information content (AvgIpc) is 2.32. The van der Waals surface area contributed by atoms with Gasteiger partial charge in [0.1, 0.15) is 5.82 Å². The lowest BCUT2D eigenvalue weighted by molar-refractivity contribution is 0.426. The SMILES string of the molecule is OB(O)c1ccccc1-c1ccc(Cl)c(F)c1. The fourth-order valence-corrected chi connectivity index (χ4v) is 1.77. The van der Waals surface area contributed by atoms with Crippen LogP contribution in [0.1, 0.15) is 0 Å². The number of rotatable bonds is 2. The Labute approximate surface area is 103 Å². The van der Waals surface area contributed by atoms with Gasteiger partial charge in [-0.2, -0.15) is 0 Å². The Morgan fingerprint density at radius 3 is 2.41 bits per heavy atom. The van der Waals surface area contributed by atoms with E-state index in [4.69, 9.17) is 11.6 Å². The molecule has 0 unspecified atom stereocenters. The highest BCUT2D eigenvalue weighted by atomic mass is 35.5. The Kier molecular flexibility index (Phi) is 3.47. The second kappa shape index (κ2) is 4.88. The van der Waals surface area contributed by atoms with Crippen molar-refractivity contribution in [2.75, 3.05) is 0 Å². The van der Waals surface area contributed by atoms with Crippen molar-refractivity contribution in [2.24, 2.45) is 0 Å². The highest BCUT2D eigenvalue weighted by Crippen LogP contribution is 2.23. The molecule has 0 fully saturated rings. The molecular weight excluding hydrogens is 241 g/mol. The van der Waals surface area contributed by atoms with Gasteiger partial charge < -0.3 is 10.0 Å². The summed E-state index contributed by atoms with van der Waals surface area (Å²) in [5.41, 5.74) is 1.45. The van der Waals surface area contributed by atoms with Crippen LogP contribution in [0, 0.1) is 5.82 Å². The van der Waals surface area contributed by atoms with Gasteiger partial charge in [-0.1, -0.05) is 41.9 Å². The van der Waals surface area contributed by atoms with Gasteiger partial charge in [0.15, 0.2) is 0 Å². The normalized spacial score (nSPS) is 10.4. The minimum absolute atomic E-state index is 0.0378. The van der Waals surface area contributed by atoms with E-state index in [0.717, 1.165) is 0 Å². The Morgan fingerprint density at radius 2 is 1.76 bits per heavy atom. The molecule has 0 atom stereocenters. The maximum Gasteiger partial charge on any atom is 0.489 e. The summed E-state index contributed by atoms with van der Waals surface area (Å²) in [6.45, 7) is 0. The molecule has 2 N–H and O–H groups in total. The first-order valence-electron chi connectivity index (χ1n) is 5.00. The molecule has 2 aromatic carbocycles. The van der Waals surface area contributed by atoms with E-state index < -0.39 is 12.9 Å². The van der Waals surface area contributed by atoms with Crippen LogP contribution in [0.5, 0.6) is 0 Å². The molecule has 0 saturated carbocycles. The first-order chi connectivity index (χ1) is 8.09. The summed E-state index contributed by atoms with van der Waals surface area (Å²) in [7, 11) is -1.59. The summed E-state index contributed by atoms with van der Waals surface area (Å²) in [5.74, 6) is -0.536. The molecule has 17 heavy (non-hydrogen) atoms. The van der Waals surface area contributed by atoms with Crippen molar-refractivity contribution >= 4 is 24.2 Å². The molecule has 2 aromatic rings. The number of benzene rings is 2. The maximum absolute atomic E-state index is 13.3. The number of halogens is 2. The molecular formula is C12H9BClFO2. The van der Waals surface area contributed by atoms with Crippen molar-refractivity contribution in [3.63, 3.8) is 0 Å². The van der Waals surface area contributed by atoms with E-state index in [2.05, 4.69) is 0 Å². The van der Waals surface area contributed by atoms with Crippen molar-refractivity contribution in [1.82, 2.24) is 0 Å². The second-order valence-corrected chi connectivity index (χ2v) is 4.00. The third-order valence-electron chi connectivity index (χ3n) is 2.47. The lowest BCUT2D eigenvalue weighted by Gasteiger charge is -2.09. The first kappa shape index (κ1) is 12.1. The van der Waals surface area contributed by atoms with E-state index in [9.17, 15) is 14.4 Å². The van der Waals surface area contributed by atoms with Gasteiger partial charge in [-0.3, -0.25) is 0 Å². The van der Waals surface area contributed by atoms with Crippen LogP contribution in [0.25, 0.3) is 11.1 Å². The van der Waals surface area contributed by atoms with E-state index in [0.29, 0.717) is 16.6 Å². The van der Waals surface area contributed by atoms with Crippen LogP contribution in [-0.4, -0.2) is 17.2 Å². The van der Waals surface area contributed by atoms with Gasteiger partial charge in [-0.15, -0.1) is 0 Å². The molecule has 0 aliphatic rings. The molecule has 0 radical (unpaired) electrons. The van der Waals surface area contributed by atoms with Crippen molar-refractivity contribution in [1.29, 1.82) is 0 Å². The zero-order valence-corrected chi connectivity index (χ0v) is 9.53. The van der Waals surface area contributed by atoms with Crippen LogP contribution in [0.3, 0.4) is 0 Å². The summed E-state index contributed by atoms with van der Waals surface area (Å²) in [6, 6.07) is 11.0. The molecule has 2 rings (SSSR count). The van der Waals surface area contributed by atoms with Gasteiger partial charge >= 0.3 is 7.12 Å². The molecule has 2 nitrogen and oxygen atoms in total. The lowest BCUT2D eigenvalue weighted by Crippen LogP contribution is -2.31. The first-order valence-corrected chi connectivity index (χ1v) is 5.38. The quantitative estimate of drug-likeness (QED) is 0.798. The molecule has 5 heteroatoms. The summed E-state index contributed by atoms with van der Waals surface area (Å²) >= 11 is 5.60. The van der Waals surface area contributed by atoms with Gasteiger partial charge in [0.05, 0.1) is 5.02 Å². The van der Waals surface area contributed by atoms with Gasteiger partial charge in [0.25, 0.3) is 0 Å². The highest BCUT2D eigenvalue weighted by molar-refractivity contribution is 6.60. The Hall–Kier alpha value is -1.36. The fourth-order valence-electron chi connectivity index (χ4n) is 1.65. The van der Waals surface area contributed by atoms with Crippen LogP contribution in [0.2, 0.25) is 5.02 Å². The number of hydrogen-bond acceptors (Lipinski definition) is 2. The largest absolute Gasteiger partial charge is 0.489 e. The molecule has 0 aromatic heterocycles. The van der Waals surface area contributed by atoms with Crippen LogP contribution in [0.15, 0.2) is 42.5 Å². The third-order valence-corrected chi connectivity index (χ3v) is 2.78. The Morgan fingerprint density at radius 1 is 1.06 bits per heavy atom. The summed E-state index contributed by atoms with van der Waals surface area (Å²) < 4.78 is 13.3. The van der Waals surface area contributed by atoms with E-state index in [-0.39, 0.29) is 5.02 Å². The predicted octanol–water partition coefficient (Wildman–Crippen LogP) is 1.83. The van der Waals surface area contributed by atoms with E-state index >= 15 is 0 Å². The average molecular weight is 250 g/mol. The van der Waals surface area contributed by atoms with E-state index in [1.165, 1.54) is 12.1 Å². The van der Waals surface area contributed by atoms with E-state index in [1.807, 2.05) is 0 Å². The topological polar surface area (TPSA) is 40.5 Å². The molecule has 0 saturated heterocycles. The monoisotopic (exact) mass is 250 g/mol. The van der Waals surface area contributed by atoms with Gasteiger partial charge in [0.2, 0.25) is 0 Å². The summed E-state index contributed by atoms with van der Waals surface area (Å²) in [5, 5.41) is 18.5. The zero-order chi connectivity index (χ0) is 12.4. The molecule has 0 amide bonds. The Balaban J connectivity index is 2.56. The minimum Gasteiger partial charge on any atom is -0.423 e. The number of hydrogen-bond donors (Lipinski definition) is 2. The van der Waals surface area contributed by atoms with Crippen LogP contribution >= 0.6 is 11.6 Å². The molecule has 0 aliphatic heterocycles. The van der Waals surface area contributed by atoms with E-state index in [1.54, 1.807) is 30.3 Å².